The molecular formula is C11H20N4O. The molecule has 5 heteroatoms. The summed E-state index contributed by atoms with van der Waals surface area (Å²) in [5.74, 6) is 0. The van der Waals surface area contributed by atoms with Gasteiger partial charge in [0.2, 0.25) is 0 Å². The molecule has 2 heterocycles. The Kier molecular flexibility index (Phi) is 3.79. The number of H-pyrrole nitrogens is 1. The molecule has 0 aliphatic carbocycles. The Morgan fingerprint density at radius 1 is 1.69 bits per heavy atom. The monoisotopic (exact) mass is 224 g/mol. The van der Waals surface area contributed by atoms with E-state index in [4.69, 9.17) is 10.5 Å². The molecule has 0 bridgehead atoms. The van der Waals surface area contributed by atoms with Crippen molar-refractivity contribution < 1.29 is 4.74 Å². The van der Waals surface area contributed by atoms with E-state index in [0.717, 1.165) is 37.6 Å². The normalized spacial score (nSPS) is 21.0. The smallest absolute Gasteiger partial charge is 0.0783 e. The first-order valence-corrected chi connectivity index (χ1v) is 5.87. The zero-order valence-corrected chi connectivity index (χ0v) is 9.78. The number of ether oxygens (including phenoxy) is 1. The van der Waals surface area contributed by atoms with Crippen LogP contribution in [-0.2, 0) is 4.74 Å². The van der Waals surface area contributed by atoms with Gasteiger partial charge in [-0.3, -0.25) is 5.10 Å². The number of aryl methyl sites for hydroxylation is 1. The van der Waals surface area contributed by atoms with Crippen LogP contribution in [0.5, 0.6) is 0 Å². The van der Waals surface area contributed by atoms with Gasteiger partial charge in [-0.1, -0.05) is 0 Å². The standard InChI is InChI=1S/C11H20N4O/c1-9-11(7-13-14-9)15(5-4-12)10-3-2-6-16-8-10/h7,10H,2-6,8,12H2,1H3,(H,13,14). The fourth-order valence-corrected chi connectivity index (χ4v) is 2.24. The molecule has 0 amide bonds. The predicted octanol–water partition coefficient (Wildman–Crippen LogP) is 0.662. The van der Waals surface area contributed by atoms with Crippen LogP contribution in [0.15, 0.2) is 6.20 Å². The van der Waals surface area contributed by atoms with Gasteiger partial charge in [0.25, 0.3) is 0 Å². The topological polar surface area (TPSA) is 67.2 Å². The maximum atomic E-state index is 5.68. The van der Waals surface area contributed by atoms with Crippen LogP contribution in [0.1, 0.15) is 18.5 Å². The molecule has 1 saturated heterocycles. The van der Waals surface area contributed by atoms with Crippen molar-refractivity contribution in [2.24, 2.45) is 5.73 Å². The molecule has 1 fully saturated rings. The molecule has 16 heavy (non-hydrogen) atoms. The van der Waals surface area contributed by atoms with Gasteiger partial charge in [0.1, 0.15) is 0 Å². The summed E-state index contributed by atoms with van der Waals surface area (Å²) in [6.07, 6.45) is 4.17. The van der Waals surface area contributed by atoms with Crippen LogP contribution in [0.3, 0.4) is 0 Å². The molecule has 0 saturated carbocycles. The number of rotatable bonds is 4. The maximum absolute atomic E-state index is 5.68. The lowest BCUT2D eigenvalue weighted by molar-refractivity contribution is 0.0793. The highest BCUT2D eigenvalue weighted by atomic mass is 16.5. The number of nitrogens with one attached hydrogen (secondary N) is 1. The Balaban J connectivity index is 2.12. The molecule has 90 valence electrons. The Morgan fingerprint density at radius 2 is 2.56 bits per heavy atom. The molecular weight excluding hydrogens is 204 g/mol. The fourth-order valence-electron chi connectivity index (χ4n) is 2.24. The molecule has 1 aliphatic heterocycles. The highest BCUT2D eigenvalue weighted by Gasteiger charge is 2.23. The Labute approximate surface area is 96.0 Å². The first-order valence-electron chi connectivity index (χ1n) is 5.87. The average Bonchev–Trinajstić information content (AvgIpc) is 2.73. The fraction of sp³-hybridized carbons (Fsp3) is 0.727. The van der Waals surface area contributed by atoms with E-state index in [1.807, 2.05) is 13.1 Å². The molecule has 1 unspecified atom stereocenters. The Morgan fingerprint density at radius 3 is 3.12 bits per heavy atom. The summed E-state index contributed by atoms with van der Waals surface area (Å²) in [5.41, 5.74) is 7.93. The van der Waals surface area contributed by atoms with E-state index in [9.17, 15) is 0 Å². The highest BCUT2D eigenvalue weighted by Crippen LogP contribution is 2.23. The maximum Gasteiger partial charge on any atom is 0.0783 e. The largest absolute Gasteiger partial charge is 0.379 e. The van der Waals surface area contributed by atoms with Crippen LogP contribution in [-0.4, -0.2) is 42.5 Å². The van der Waals surface area contributed by atoms with Gasteiger partial charge < -0.3 is 15.4 Å². The second-order valence-corrected chi connectivity index (χ2v) is 4.23. The summed E-state index contributed by atoms with van der Waals surface area (Å²) < 4.78 is 5.53. The van der Waals surface area contributed by atoms with Gasteiger partial charge in [0, 0.05) is 19.7 Å². The van der Waals surface area contributed by atoms with Crippen LogP contribution >= 0.6 is 0 Å². The number of aromatic nitrogens is 2. The third kappa shape index (κ3) is 2.36. The predicted molar refractivity (Wildman–Crippen MR) is 63.6 cm³/mol. The molecule has 0 aromatic carbocycles. The van der Waals surface area contributed by atoms with Crippen LogP contribution in [0.2, 0.25) is 0 Å². The van der Waals surface area contributed by atoms with E-state index in [1.54, 1.807) is 0 Å². The van der Waals surface area contributed by atoms with Crippen molar-refractivity contribution >= 4 is 5.69 Å². The number of nitrogens with zero attached hydrogens (tertiary/aromatic N) is 2. The van der Waals surface area contributed by atoms with E-state index in [-0.39, 0.29) is 0 Å². The Bertz CT molecular complexity index is 320. The average molecular weight is 224 g/mol. The van der Waals surface area contributed by atoms with Gasteiger partial charge in [0.15, 0.2) is 0 Å². The number of hydrogen-bond donors (Lipinski definition) is 2. The van der Waals surface area contributed by atoms with Crippen molar-refractivity contribution in [3.63, 3.8) is 0 Å². The summed E-state index contributed by atoms with van der Waals surface area (Å²) in [7, 11) is 0. The van der Waals surface area contributed by atoms with Gasteiger partial charge in [0.05, 0.1) is 30.2 Å². The SMILES string of the molecule is Cc1[nH]ncc1N(CCN)C1CCCOC1. The van der Waals surface area contributed by atoms with E-state index in [0.29, 0.717) is 12.6 Å². The molecule has 0 spiro atoms. The minimum atomic E-state index is 0.439. The Hall–Kier alpha value is -1.07. The van der Waals surface area contributed by atoms with Crippen molar-refractivity contribution in [2.75, 3.05) is 31.2 Å². The zero-order valence-electron chi connectivity index (χ0n) is 9.78. The lowest BCUT2D eigenvalue weighted by Gasteiger charge is -2.35. The molecule has 1 aromatic rings. The molecule has 1 atom stereocenters. The highest BCUT2D eigenvalue weighted by molar-refractivity contribution is 5.49. The van der Waals surface area contributed by atoms with Gasteiger partial charge in [-0.15, -0.1) is 0 Å². The summed E-state index contributed by atoms with van der Waals surface area (Å²) >= 11 is 0. The molecule has 3 N–H and O–H groups in total. The number of aromatic amines is 1. The first-order chi connectivity index (χ1) is 7.83. The third-order valence-electron chi connectivity index (χ3n) is 3.06. The van der Waals surface area contributed by atoms with Crippen molar-refractivity contribution in [3.05, 3.63) is 11.9 Å². The van der Waals surface area contributed by atoms with E-state index < -0.39 is 0 Å². The second kappa shape index (κ2) is 5.32. The molecule has 1 aliphatic rings. The van der Waals surface area contributed by atoms with Gasteiger partial charge in [-0.05, 0) is 19.8 Å². The van der Waals surface area contributed by atoms with Crippen molar-refractivity contribution in [1.29, 1.82) is 0 Å². The minimum Gasteiger partial charge on any atom is -0.379 e. The van der Waals surface area contributed by atoms with Gasteiger partial charge in [-0.2, -0.15) is 5.10 Å². The summed E-state index contributed by atoms with van der Waals surface area (Å²) in [6.45, 7) is 5.23. The van der Waals surface area contributed by atoms with Gasteiger partial charge in [-0.25, -0.2) is 0 Å². The summed E-state index contributed by atoms with van der Waals surface area (Å²) in [5, 5.41) is 7.04. The lowest BCUT2D eigenvalue weighted by Crippen LogP contribution is -2.44. The molecule has 2 rings (SSSR count). The van der Waals surface area contributed by atoms with Gasteiger partial charge >= 0.3 is 0 Å². The van der Waals surface area contributed by atoms with Crippen LogP contribution in [0.4, 0.5) is 5.69 Å². The quantitative estimate of drug-likeness (QED) is 0.788. The molecule has 5 nitrogen and oxygen atoms in total. The number of hydrogen-bond acceptors (Lipinski definition) is 4. The minimum absolute atomic E-state index is 0.439. The van der Waals surface area contributed by atoms with Crippen LogP contribution in [0, 0.1) is 6.92 Å². The second-order valence-electron chi connectivity index (χ2n) is 4.23. The lowest BCUT2D eigenvalue weighted by atomic mass is 10.1. The molecule has 0 radical (unpaired) electrons. The summed E-state index contributed by atoms with van der Waals surface area (Å²) in [4.78, 5) is 2.32. The summed E-state index contributed by atoms with van der Waals surface area (Å²) in [6, 6.07) is 0.439. The zero-order chi connectivity index (χ0) is 11.4. The van der Waals surface area contributed by atoms with E-state index in [1.165, 1.54) is 6.42 Å². The van der Waals surface area contributed by atoms with Crippen molar-refractivity contribution in [1.82, 2.24) is 10.2 Å². The van der Waals surface area contributed by atoms with Crippen LogP contribution < -0.4 is 10.6 Å². The van der Waals surface area contributed by atoms with Crippen molar-refractivity contribution in [2.45, 2.75) is 25.8 Å². The van der Waals surface area contributed by atoms with E-state index in [2.05, 4.69) is 15.1 Å². The van der Waals surface area contributed by atoms with E-state index >= 15 is 0 Å². The third-order valence-corrected chi connectivity index (χ3v) is 3.06. The number of anilines is 1. The first kappa shape index (κ1) is 11.4. The van der Waals surface area contributed by atoms with Crippen molar-refractivity contribution in [3.8, 4) is 0 Å². The van der Waals surface area contributed by atoms with Crippen LogP contribution in [0.25, 0.3) is 0 Å². The number of nitrogens with two attached hydrogens (primary N) is 1. The molecule has 1 aromatic heterocycles.